The van der Waals surface area contributed by atoms with Gasteiger partial charge < -0.3 is 10.2 Å². The standard InChI is InChI=1S/C17H20O4S/c1-2-22(20,21)16(12-18)17(19)15-10-8-14(9-11-15)13-6-4-3-5-7-13/h3-11,16-19H,2,12H2,1H3/t16-,17-/m0/s1. The van der Waals surface area contributed by atoms with Crippen molar-refractivity contribution in [2.24, 2.45) is 0 Å². The first kappa shape index (κ1) is 16.7. The summed E-state index contributed by atoms with van der Waals surface area (Å²) in [6, 6.07) is 16.8. The maximum atomic E-state index is 11.9. The molecule has 2 atom stereocenters. The minimum absolute atomic E-state index is 0.114. The second-order valence-corrected chi connectivity index (χ2v) is 7.61. The van der Waals surface area contributed by atoms with E-state index in [2.05, 4.69) is 0 Å². The van der Waals surface area contributed by atoms with Crippen LogP contribution >= 0.6 is 0 Å². The maximum Gasteiger partial charge on any atom is 0.158 e. The summed E-state index contributed by atoms with van der Waals surface area (Å²) in [7, 11) is -3.52. The van der Waals surface area contributed by atoms with E-state index >= 15 is 0 Å². The summed E-state index contributed by atoms with van der Waals surface area (Å²) in [6.45, 7) is 0.904. The van der Waals surface area contributed by atoms with Crippen LogP contribution in [0, 0.1) is 0 Å². The van der Waals surface area contributed by atoms with Crippen molar-refractivity contribution in [1.82, 2.24) is 0 Å². The van der Waals surface area contributed by atoms with Crippen molar-refractivity contribution in [3.63, 3.8) is 0 Å². The predicted molar refractivity (Wildman–Crippen MR) is 87.2 cm³/mol. The molecule has 22 heavy (non-hydrogen) atoms. The van der Waals surface area contributed by atoms with Crippen molar-refractivity contribution in [3.05, 3.63) is 60.2 Å². The van der Waals surface area contributed by atoms with Crippen molar-refractivity contribution < 1.29 is 18.6 Å². The van der Waals surface area contributed by atoms with Crippen LogP contribution in [0.5, 0.6) is 0 Å². The smallest absolute Gasteiger partial charge is 0.158 e. The number of sulfone groups is 1. The Balaban J connectivity index is 2.26. The molecule has 5 heteroatoms. The van der Waals surface area contributed by atoms with Crippen LogP contribution in [0.25, 0.3) is 11.1 Å². The molecule has 0 aliphatic rings. The molecule has 0 amide bonds. The second kappa shape index (κ2) is 7.05. The molecule has 2 rings (SSSR count). The Hall–Kier alpha value is -1.69. The molecule has 0 spiro atoms. The van der Waals surface area contributed by atoms with E-state index in [0.717, 1.165) is 11.1 Å². The molecule has 2 aromatic carbocycles. The highest BCUT2D eigenvalue weighted by molar-refractivity contribution is 7.92. The molecular weight excluding hydrogens is 300 g/mol. The third kappa shape index (κ3) is 3.55. The molecule has 0 radical (unpaired) electrons. The lowest BCUT2D eigenvalue weighted by Gasteiger charge is -2.21. The van der Waals surface area contributed by atoms with Gasteiger partial charge in [0.05, 0.1) is 12.7 Å². The van der Waals surface area contributed by atoms with E-state index < -0.39 is 27.8 Å². The molecule has 0 heterocycles. The average molecular weight is 320 g/mol. The molecule has 0 aliphatic heterocycles. The van der Waals surface area contributed by atoms with E-state index in [1.807, 2.05) is 42.5 Å². The lowest BCUT2D eigenvalue weighted by atomic mass is 10.0. The Morgan fingerprint density at radius 1 is 0.955 bits per heavy atom. The summed E-state index contributed by atoms with van der Waals surface area (Å²) in [6.07, 6.45) is -1.24. The van der Waals surface area contributed by atoms with Crippen molar-refractivity contribution in [2.45, 2.75) is 18.3 Å². The molecule has 0 saturated heterocycles. The zero-order valence-corrected chi connectivity index (χ0v) is 13.2. The van der Waals surface area contributed by atoms with E-state index in [9.17, 15) is 18.6 Å². The molecule has 0 aromatic heterocycles. The Kier molecular flexibility index (Phi) is 5.34. The van der Waals surface area contributed by atoms with Gasteiger partial charge in [-0.15, -0.1) is 0 Å². The van der Waals surface area contributed by atoms with Crippen LogP contribution in [-0.2, 0) is 9.84 Å². The predicted octanol–water partition coefficient (Wildman–Crippen LogP) is 2.18. The van der Waals surface area contributed by atoms with Gasteiger partial charge in [0, 0.05) is 5.75 Å². The summed E-state index contributed by atoms with van der Waals surface area (Å²) in [5.74, 6) is -0.114. The summed E-state index contributed by atoms with van der Waals surface area (Å²) in [5.41, 5.74) is 2.51. The highest BCUT2D eigenvalue weighted by Gasteiger charge is 2.31. The van der Waals surface area contributed by atoms with Gasteiger partial charge in [0.1, 0.15) is 5.25 Å². The Labute approximate surface area is 131 Å². The highest BCUT2D eigenvalue weighted by Crippen LogP contribution is 2.26. The Bertz CT molecular complexity index is 693. The van der Waals surface area contributed by atoms with Gasteiger partial charge in [0.15, 0.2) is 9.84 Å². The van der Waals surface area contributed by atoms with Crippen LogP contribution < -0.4 is 0 Å². The Morgan fingerprint density at radius 3 is 2.00 bits per heavy atom. The molecule has 0 fully saturated rings. The van der Waals surface area contributed by atoms with Crippen molar-refractivity contribution >= 4 is 9.84 Å². The van der Waals surface area contributed by atoms with E-state index in [1.54, 1.807) is 12.1 Å². The van der Waals surface area contributed by atoms with E-state index in [-0.39, 0.29) is 5.75 Å². The quantitative estimate of drug-likeness (QED) is 0.855. The van der Waals surface area contributed by atoms with Gasteiger partial charge in [0.2, 0.25) is 0 Å². The topological polar surface area (TPSA) is 74.6 Å². The van der Waals surface area contributed by atoms with Gasteiger partial charge >= 0.3 is 0 Å². The molecule has 0 bridgehead atoms. The van der Waals surface area contributed by atoms with Gasteiger partial charge in [-0.25, -0.2) is 8.42 Å². The fourth-order valence-corrected chi connectivity index (χ4v) is 3.55. The van der Waals surface area contributed by atoms with Gasteiger partial charge in [-0.1, -0.05) is 61.5 Å². The molecule has 2 N–H and O–H groups in total. The minimum Gasteiger partial charge on any atom is -0.395 e. The van der Waals surface area contributed by atoms with Crippen molar-refractivity contribution in [2.75, 3.05) is 12.4 Å². The molecule has 2 aromatic rings. The summed E-state index contributed by atoms with van der Waals surface area (Å²) >= 11 is 0. The average Bonchev–Trinajstić information content (AvgIpc) is 2.56. The van der Waals surface area contributed by atoms with Crippen LogP contribution in [0.2, 0.25) is 0 Å². The van der Waals surface area contributed by atoms with Crippen LogP contribution in [0.15, 0.2) is 54.6 Å². The lowest BCUT2D eigenvalue weighted by molar-refractivity contribution is 0.138. The summed E-state index contributed by atoms with van der Waals surface area (Å²) in [5, 5.41) is 18.4. The molecule has 0 saturated carbocycles. The zero-order chi connectivity index (χ0) is 16.2. The van der Waals surface area contributed by atoms with Crippen LogP contribution in [0.1, 0.15) is 18.6 Å². The zero-order valence-electron chi connectivity index (χ0n) is 12.4. The third-order valence-corrected chi connectivity index (χ3v) is 5.89. The molecule has 0 unspecified atom stereocenters. The fourth-order valence-electron chi connectivity index (χ4n) is 2.34. The van der Waals surface area contributed by atoms with Crippen LogP contribution in [0.4, 0.5) is 0 Å². The lowest BCUT2D eigenvalue weighted by Crippen LogP contribution is -2.33. The second-order valence-electron chi connectivity index (χ2n) is 5.11. The van der Waals surface area contributed by atoms with Gasteiger partial charge in [-0.3, -0.25) is 0 Å². The number of benzene rings is 2. The van der Waals surface area contributed by atoms with Crippen molar-refractivity contribution in [3.8, 4) is 11.1 Å². The normalized spacial score (nSPS) is 14.5. The monoisotopic (exact) mass is 320 g/mol. The third-order valence-electron chi connectivity index (χ3n) is 3.76. The van der Waals surface area contributed by atoms with Gasteiger partial charge in [0.25, 0.3) is 0 Å². The maximum absolute atomic E-state index is 11.9. The summed E-state index contributed by atoms with van der Waals surface area (Å²) < 4.78 is 23.8. The molecular formula is C17H20O4S. The minimum atomic E-state index is -3.52. The molecule has 0 aliphatic carbocycles. The van der Waals surface area contributed by atoms with Gasteiger partial charge in [-0.2, -0.15) is 0 Å². The highest BCUT2D eigenvalue weighted by atomic mass is 32.2. The van der Waals surface area contributed by atoms with Gasteiger partial charge in [-0.05, 0) is 16.7 Å². The summed E-state index contributed by atoms with van der Waals surface area (Å²) in [4.78, 5) is 0. The van der Waals surface area contributed by atoms with Crippen molar-refractivity contribution in [1.29, 1.82) is 0 Å². The first-order chi connectivity index (χ1) is 10.5. The number of aliphatic hydroxyl groups excluding tert-OH is 2. The number of aliphatic hydroxyl groups is 2. The van der Waals surface area contributed by atoms with Crippen LogP contribution in [-0.4, -0.2) is 36.2 Å². The number of rotatable bonds is 6. The number of hydrogen-bond donors (Lipinski definition) is 2. The fraction of sp³-hybridized carbons (Fsp3) is 0.294. The van der Waals surface area contributed by atoms with E-state index in [0.29, 0.717) is 5.56 Å². The largest absolute Gasteiger partial charge is 0.395 e. The number of hydrogen-bond acceptors (Lipinski definition) is 4. The molecule has 118 valence electrons. The van der Waals surface area contributed by atoms with E-state index in [1.165, 1.54) is 6.92 Å². The SMILES string of the molecule is CCS(=O)(=O)[C@@H](CO)[C@@H](O)c1ccc(-c2ccccc2)cc1. The van der Waals surface area contributed by atoms with E-state index in [4.69, 9.17) is 0 Å². The van der Waals surface area contributed by atoms with Crippen LogP contribution in [0.3, 0.4) is 0 Å². The first-order valence-corrected chi connectivity index (χ1v) is 8.87. The Morgan fingerprint density at radius 2 is 1.50 bits per heavy atom. The molecule has 4 nitrogen and oxygen atoms in total. The first-order valence-electron chi connectivity index (χ1n) is 7.15.